The molecule has 0 atom stereocenters. The van der Waals surface area contributed by atoms with Crippen LogP contribution in [0.2, 0.25) is 0 Å². The molecule has 0 fully saturated rings. The summed E-state index contributed by atoms with van der Waals surface area (Å²) in [6.07, 6.45) is 0.366. The number of rotatable bonds is 4. The summed E-state index contributed by atoms with van der Waals surface area (Å²) in [6.45, 7) is 6.39. The Labute approximate surface area is 129 Å². The highest BCUT2D eigenvalue weighted by Crippen LogP contribution is 2.17. The first kappa shape index (κ1) is 15.4. The van der Waals surface area contributed by atoms with Crippen molar-refractivity contribution in [2.24, 2.45) is 0 Å². The molecule has 2 N–H and O–H groups in total. The maximum absolute atomic E-state index is 11.9. The highest BCUT2D eigenvalue weighted by atomic mass is 32.1. The van der Waals surface area contributed by atoms with Gasteiger partial charge in [-0.2, -0.15) is 5.10 Å². The second-order valence-corrected chi connectivity index (χ2v) is 6.30. The van der Waals surface area contributed by atoms with Crippen molar-refractivity contribution in [2.45, 2.75) is 39.3 Å². The Bertz CT molecular complexity index is 667. The van der Waals surface area contributed by atoms with E-state index in [1.54, 1.807) is 0 Å². The molecule has 0 spiro atoms. The minimum absolute atomic E-state index is 0.00427. The van der Waals surface area contributed by atoms with Gasteiger partial charge in [-0.1, -0.05) is 30.3 Å². The van der Waals surface area contributed by atoms with Gasteiger partial charge in [-0.3, -0.25) is 14.5 Å². The van der Waals surface area contributed by atoms with E-state index in [2.05, 4.69) is 15.5 Å². The van der Waals surface area contributed by atoms with Crippen LogP contribution in [-0.2, 0) is 11.3 Å². The Morgan fingerprint density at radius 2 is 2.00 bits per heavy atom. The van der Waals surface area contributed by atoms with Crippen molar-refractivity contribution in [2.75, 3.05) is 0 Å². The first-order valence-electron chi connectivity index (χ1n) is 6.88. The lowest BCUT2D eigenvalue weighted by molar-refractivity contribution is -0.122. The Morgan fingerprint density at radius 1 is 1.33 bits per heavy atom. The Kier molecular flexibility index (Phi) is 4.57. The van der Waals surface area contributed by atoms with Crippen molar-refractivity contribution in [3.8, 4) is 11.4 Å². The molecule has 0 aliphatic carbocycles. The molecule has 2 aromatic rings. The molecule has 5 nitrogen and oxygen atoms in total. The third-order valence-corrected chi connectivity index (χ3v) is 3.18. The van der Waals surface area contributed by atoms with Crippen molar-refractivity contribution in [3.05, 3.63) is 35.1 Å². The molecule has 2 rings (SSSR count). The zero-order valence-corrected chi connectivity index (χ0v) is 13.3. The fourth-order valence-electron chi connectivity index (χ4n) is 2.03. The highest BCUT2D eigenvalue weighted by molar-refractivity contribution is 7.71. The molecule has 1 heterocycles. The lowest BCUT2D eigenvalue weighted by Gasteiger charge is -2.20. The Hall–Kier alpha value is -1.95. The van der Waals surface area contributed by atoms with Gasteiger partial charge in [-0.05, 0) is 33.0 Å². The van der Waals surface area contributed by atoms with Crippen LogP contribution < -0.4 is 5.32 Å². The number of nitrogens with zero attached hydrogens (tertiary/aromatic N) is 2. The van der Waals surface area contributed by atoms with Crippen molar-refractivity contribution in [1.29, 1.82) is 0 Å². The Balaban J connectivity index is 2.13. The lowest BCUT2D eigenvalue weighted by atomic mass is 10.1. The summed E-state index contributed by atoms with van der Waals surface area (Å²) in [4.78, 5) is 11.9. The molecule has 6 heteroatoms. The van der Waals surface area contributed by atoms with E-state index in [1.165, 1.54) is 0 Å². The van der Waals surface area contributed by atoms with E-state index in [9.17, 15) is 4.79 Å². The fraction of sp³-hybridized carbons (Fsp3) is 0.400. The number of carbonyl (C=O) groups excluding carboxylic acids is 1. The standard InChI is InChI=1S/C15H20N4OS/c1-15(2,3)16-12(20)9-10-19-13(17-18-14(19)21)11-7-5-4-6-8-11/h4-8H,9-10H2,1-3H3,(H,16,20)(H,18,21). The number of nitrogens with one attached hydrogen (secondary N) is 2. The second-order valence-electron chi connectivity index (χ2n) is 5.92. The third kappa shape index (κ3) is 4.26. The largest absolute Gasteiger partial charge is 0.351 e. The van der Waals surface area contributed by atoms with Gasteiger partial charge in [0.2, 0.25) is 5.91 Å². The lowest BCUT2D eigenvalue weighted by Crippen LogP contribution is -2.40. The van der Waals surface area contributed by atoms with E-state index in [0.29, 0.717) is 17.7 Å². The van der Waals surface area contributed by atoms with Crippen LogP contribution in [0.4, 0.5) is 0 Å². The monoisotopic (exact) mass is 304 g/mol. The average Bonchev–Trinajstić information content (AvgIpc) is 2.77. The summed E-state index contributed by atoms with van der Waals surface area (Å²) in [6, 6.07) is 9.78. The normalized spacial score (nSPS) is 11.4. The van der Waals surface area contributed by atoms with Gasteiger partial charge in [0.05, 0.1) is 0 Å². The molecule has 0 unspecified atom stereocenters. The van der Waals surface area contributed by atoms with Crippen LogP contribution in [0.3, 0.4) is 0 Å². The zero-order valence-electron chi connectivity index (χ0n) is 12.5. The van der Waals surface area contributed by atoms with E-state index >= 15 is 0 Å². The summed E-state index contributed by atoms with van der Waals surface area (Å²) in [5.74, 6) is 0.758. The summed E-state index contributed by atoms with van der Waals surface area (Å²) >= 11 is 5.25. The molecule has 0 bridgehead atoms. The van der Waals surface area contributed by atoms with Crippen LogP contribution in [0, 0.1) is 4.77 Å². The molecule has 1 aromatic carbocycles. The number of aromatic nitrogens is 3. The number of hydrogen-bond donors (Lipinski definition) is 2. The average molecular weight is 304 g/mol. The zero-order chi connectivity index (χ0) is 15.5. The van der Waals surface area contributed by atoms with Crippen molar-refractivity contribution < 1.29 is 4.79 Å². The van der Waals surface area contributed by atoms with E-state index < -0.39 is 0 Å². The molecule has 112 valence electrons. The minimum atomic E-state index is -0.225. The van der Waals surface area contributed by atoms with Gasteiger partial charge in [-0.15, -0.1) is 0 Å². The summed E-state index contributed by atoms with van der Waals surface area (Å²) in [7, 11) is 0. The highest BCUT2D eigenvalue weighted by Gasteiger charge is 2.15. The first-order valence-corrected chi connectivity index (χ1v) is 7.29. The van der Waals surface area contributed by atoms with Crippen molar-refractivity contribution in [1.82, 2.24) is 20.1 Å². The molecule has 1 aromatic heterocycles. The maximum Gasteiger partial charge on any atom is 0.222 e. The number of aromatic amines is 1. The molecular weight excluding hydrogens is 284 g/mol. The van der Waals surface area contributed by atoms with Crippen LogP contribution in [0.1, 0.15) is 27.2 Å². The SMILES string of the molecule is CC(C)(C)NC(=O)CCn1c(-c2ccccc2)n[nH]c1=S. The van der Waals surface area contributed by atoms with Crippen molar-refractivity contribution in [3.63, 3.8) is 0 Å². The number of H-pyrrole nitrogens is 1. The van der Waals surface area contributed by atoms with Crippen molar-refractivity contribution >= 4 is 18.1 Å². The van der Waals surface area contributed by atoms with Crippen LogP contribution in [0.15, 0.2) is 30.3 Å². The molecule has 0 aliphatic rings. The predicted octanol–water partition coefficient (Wildman–Crippen LogP) is 2.91. The maximum atomic E-state index is 11.9. The van der Waals surface area contributed by atoms with Gasteiger partial charge in [0, 0.05) is 24.1 Å². The van der Waals surface area contributed by atoms with E-state index in [1.807, 2.05) is 55.7 Å². The Morgan fingerprint density at radius 3 is 2.62 bits per heavy atom. The van der Waals surface area contributed by atoms with Gasteiger partial charge >= 0.3 is 0 Å². The summed E-state index contributed by atoms with van der Waals surface area (Å²) in [5, 5.41) is 9.99. The summed E-state index contributed by atoms with van der Waals surface area (Å²) < 4.78 is 2.38. The van der Waals surface area contributed by atoms with Gasteiger partial charge < -0.3 is 5.32 Å². The van der Waals surface area contributed by atoms with Crippen LogP contribution in [0.5, 0.6) is 0 Å². The predicted molar refractivity (Wildman–Crippen MR) is 85.4 cm³/mol. The quantitative estimate of drug-likeness (QED) is 0.854. The number of hydrogen-bond acceptors (Lipinski definition) is 3. The first-order chi connectivity index (χ1) is 9.87. The number of amides is 1. The molecule has 0 radical (unpaired) electrons. The van der Waals surface area contributed by atoms with Gasteiger partial charge in [0.25, 0.3) is 0 Å². The molecular formula is C15H20N4OS. The van der Waals surface area contributed by atoms with E-state index in [4.69, 9.17) is 12.2 Å². The van der Waals surface area contributed by atoms with Crippen LogP contribution in [0.25, 0.3) is 11.4 Å². The van der Waals surface area contributed by atoms with Gasteiger partial charge in [0.1, 0.15) is 0 Å². The number of carbonyl (C=O) groups is 1. The van der Waals surface area contributed by atoms with Gasteiger partial charge in [-0.25, -0.2) is 0 Å². The molecule has 0 aliphatic heterocycles. The topological polar surface area (TPSA) is 62.7 Å². The number of benzene rings is 1. The van der Waals surface area contributed by atoms with Gasteiger partial charge in [0.15, 0.2) is 10.6 Å². The third-order valence-electron chi connectivity index (χ3n) is 2.87. The molecule has 1 amide bonds. The molecule has 21 heavy (non-hydrogen) atoms. The minimum Gasteiger partial charge on any atom is -0.351 e. The molecule has 0 saturated heterocycles. The van der Waals surface area contributed by atoms with Crippen LogP contribution >= 0.6 is 12.2 Å². The summed E-state index contributed by atoms with van der Waals surface area (Å²) in [5.41, 5.74) is 0.748. The van der Waals surface area contributed by atoms with E-state index in [-0.39, 0.29) is 11.4 Å². The smallest absolute Gasteiger partial charge is 0.222 e. The fourth-order valence-corrected chi connectivity index (χ4v) is 2.25. The second kappa shape index (κ2) is 6.22. The van der Waals surface area contributed by atoms with Crippen LogP contribution in [-0.4, -0.2) is 26.2 Å². The molecule has 0 saturated carbocycles. The van der Waals surface area contributed by atoms with E-state index in [0.717, 1.165) is 11.4 Å².